The van der Waals surface area contributed by atoms with Crippen LogP contribution in [0.2, 0.25) is 4.47 Å². The zero-order chi connectivity index (χ0) is 16.2. The Labute approximate surface area is 141 Å². The van der Waals surface area contributed by atoms with Gasteiger partial charge in [0.1, 0.15) is 5.76 Å². The van der Waals surface area contributed by atoms with E-state index in [9.17, 15) is 10.1 Å². The molecule has 120 valence electrons. The predicted molar refractivity (Wildman–Crippen MR) is 87.3 cm³/mol. The molecule has 3 rings (SSSR count). The van der Waals surface area contributed by atoms with Crippen LogP contribution in [-0.4, -0.2) is 27.9 Å². The molecule has 0 saturated carbocycles. The average molecular weight is 353 g/mol. The molecule has 0 amide bonds. The lowest BCUT2D eigenvalue weighted by molar-refractivity contribution is -0.421. The third kappa shape index (κ3) is 3.72. The lowest BCUT2D eigenvalue weighted by Gasteiger charge is -2.16. The number of allylic oxidation sites excluding steroid dienone is 1. The Morgan fingerprint density at radius 2 is 2.52 bits per heavy atom. The standard InChI is InChI=1S/C14H13ClN4O3S/c15-14-17-8-11(23-14)9-18-6-5-16-13(18)12(19(20)21)4-3-10-2-1-7-22-10/h1-4,7-8,16H,5-6,9H2/b4-3+,13-12+. The Kier molecular flexibility index (Phi) is 4.63. The van der Waals surface area contributed by atoms with Crippen molar-refractivity contribution < 1.29 is 9.34 Å². The number of nitrogens with one attached hydrogen (secondary N) is 1. The molecular weight excluding hydrogens is 340 g/mol. The van der Waals surface area contributed by atoms with Crippen LogP contribution in [0, 0.1) is 10.1 Å². The second-order valence-electron chi connectivity index (χ2n) is 4.77. The molecule has 1 aliphatic rings. The minimum Gasteiger partial charge on any atom is -0.465 e. The molecule has 0 aliphatic carbocycles. The van der Waals surface area contributed by atoms with Gasteiger partial charge in [0.15, 0.2) is 10.3 Å². The van der Waals surface area contributed by atoms with Crippen LogP contribution in [0.5, 0.6) is 0 Å². The molecule has 0 bridgehead atoms. The fourth-order valence-corrected chi connectivity index (χ4v) is 3.26. The fraction of sp³-hybridized carbons (Fsp3) is 0.214. The van der Waals surface area contributed by atoms with E-state index in [1.165, 1.54) is 23.7 Å². The lowest BCUT2D eigenvalue weighted by Crippen LogP contribution is -2.22. The van der Waals surface area contributed by atoms with Crippen molar-refractivity contribution in [3.8, 4) is 0 Å². The molecule has 3 heterocycles. The maximum absolute atomic E-state index is 11.4. The van der Waals surface area contributed by atoms with Crippen LogP contribution in [0.15, 0.2) is 46.6 Å². The first-order chi connectivity index (χ1) is 11.1. The zero-order valence-corrected chi connectivity index (χ0v) is 13.5. The van der Waals surface area contributed by atoms with Gasteiger partial charge in [-0.15, -0.1) is 11.3 Å². The molecule has 1 fully saturated rings. The number of hydrogen-bond acceptors (Lipinski definition) is 7. The summed E-state index contributed by atoms with van der Waals surface area (Å²) in [7, 11) is 0. The van der Waals surface area contributed by atoms with Crippen LogP contribution in [0.4, 0.5) is 0 Å². The highest BCUT2D eigenvalue weighted by Crippen LogP contribution is 2.23. The quantitative estimate of drug-likeness (QED) is 0.657. The number of thiazole rings is 1. The molecule has 2 aromatic heterocycles. The highest BCUT2D eigenvalue weighted by Gasteiger charge is 2.26. The van der Waals surface area contributed by atoms with E-state index in [4.69, 9.17) is 16.0 Å². The Hall–Kier alpha value is -2.32. The maximum atomic E-state index is 11.4. The summed E-state index contributed by atoms with van der Waals surface area (Å²) in [5, 5.41) is 14.5. The highest BCUT2D eigenvalue weighted by molar-refractivity contribution is 7.15. The van der Waals surface area contributed by atoms with E-state index in [-0.39, 0.29) is 5.70 Å². The van der Waals surface area contributed by atoms with Gasteiger partial charge in [0, 0.05) is 30.2 Å². The van der Waals surface area contributed by atoms with E-state index in [0.29, 0.717) is 35.7 Å². The molecule has 1 aliphatic heterocycles. The third-order valence-electron chi connectivity index (χ3n) is 3.25. The van der Waals surface area contributed by atoms with Crippen molar-refractivity contribution in [3.05, 3.63) is 67.4 Å². The normalized spacial score (nSPS) is 16.8. The SMILES string of the molecule is O=[N+]([O-])C(/C=C/c1ccco1)=C1\NCCN1Cc1cnc(Cl)s1. The van der Waals surface area contributed by atoms with Crippen molar-refractivity contribution >= 4 is 29.0 Å². The van der Waals surface area contributed by atoms with Gasteiger partial charge in [-0.2, -0.15) is 0 Å². The second-order valence-corrected chi connectivity index (χ2v) is 6.46. The number of nitro groups is 1. The maximum Gasteiger partial charge on any atom is 0.309 e. The van der Waals surface area contributed by atoms with Crippen molar-refractivity contribution in [2.75, 3.05) is 13.1 Å². The molecule has 0 aromatic carbocycles. The van der Waals surface area contributed by atoms with Gasteiger partial charge in [-0.25, -0.2) is 4.98 Å². The largest absolute Gasteiger partial charge is 0.465 e. The number of halogens is 1. The summed E-state index contributed by atoms with van der Waals surface area (Å²) >= 11 is 7.20. The molecule has 0 atom stereocenters. The van der Waals surface area contributed by atoms with Gasteiger partial charge in [-0.05, 0) is 18.2 Å². The average Bonchev–Trinajstić information content (AvgIpc) is 3.23. The molecule has 1 saturated heterocycles. The van der Waals surface area contributed by atoms with E-state index in [2.05, 4.69) is 10.3 Å². The van der Waals surface area contributed by atoms with E-state index in [0.717, 1.165) is 4.88 Å². The van der Waals surface area contributed by atoms with Gasteiger partial charge < -0.3 is 14.6 Å². The van der Waals surface area contributed by atoms with Crippen molar-refractivity contribution in [1.29, 1.82) is 0 Å². The summed E-state index contributed by atoms with van der Waals surface area (Å²) in [6, 6.07) is 3.46. The number of rotatable bonds is 5. The monoisotopic (exact) mass is 352 g/mol. The van der Waals surface area contributed by atoms with Crippen molar-refractivity contribution in [1.82, 2.24) is 15.2 Å². The van der Waals surface area contributed by atoms with Gasteiger partial charge >= 0.3 is 5.70 Å². The van der Waals surface area contributed by atoms with E-state index in [1.54, 1.807) is 24.4 Å². The van der Waals surface area contributed by atoms with E-state index >= 15 is 0 Å². The van der Waals surface area contributed by atoms with Gasteiger partial charge in [-0.3, -0.25) is 10.1 Å². The van der Waals surface area contributed by atoms with Gasteiger partial charge in [0.2, 0.25) is 0 Å². The number of furan rings is 1. The fourth-order valence-electron chi connectivity index (χ4n) is 2.26. The first-order valence-electron chi connectivity index (χ1n) is 6.83. The van der Waals surface area contributed by atoms with Crippen LogP contribution in [0.3, 0.4) is 0 Å². The topological polar surface area (TPSA) is 84.4 Å². The van der Waals surface area contributed by atoms with Gasteiger partial charge in [0.25, 0.3) is 0 Å². The molecular formula is C14H13ClN4O3S. The first-order valence-corrected chi connectivity index (χ1v) is 8.02. The second kappa shape index (κ2) is 6.84. The molecule has 0 unspecified atom stereocenters. The predicted octanol–water partition coefficient (Wildman–Crippen LogP) is 2.95. The van der Waals surface area contributed by atoms with Crippen molar-refractivity contribution in [2.24, 2.45) is 0 Å². The lowest BCUT2D eigenvalue weighted by atomic mass is 10.3. The van der Waals surface area contributed by atoms with E-state index in [1.807, 2.05) is 4.90 Å². The van der Waals surface area contributed by atoms with Gasteiger partial charge in [-0.1, -0.05) is 11.6 Å². The minimum atomic E-state index is -0.403. The summed E-state index contributed by atoms with van der Waals surface area (Å²) in [5.41, 5.74) is -0.00508. The number of aromatic nitrogens is 1. The summed E-state index contributed by atoms with van der Waals surface area (Å²) in [6.45, 7) is 1.85. The van der Waals surface area contributed by atoms with Crippen LogP contribution in [0.1, 0.15) is 10.6 Å². The molecule has 2 aromatic rings. The summed E-state index contributed by atoms with van der Waals surface area (Å²) in [6.07, 6.45) is 6.23. The Morgan fingerprint density at radius 3 is 3.17 bits per heavy atom. The van der Waals surface area contributed by atoms with Crippen LogP contribution in [-0.2, 0) is 6.54 Å². The number of hydrogen-bond donors (Lipinski definition) is 1. The zero-order valence-electron chi connectivity index (χ0n) is 11.9. The van der Waals surface area contributed by atoms with E-state index < -0.39 is 4.92 Å². The summed E-state index contributed by atoms with van der Waals surface area (Å²) in [4.78, 5) is 17.9. The molecule has 0 radical (unpaired) electrons. The smallest absolute Gasteiger partial charge is 0.309 e. The molecule has 0 spiro atoms. The molecule has 23 heavy (non-hydrogen) atoms. The molecule has 9 heteroatoms. The first kappa shape index (κ1) is 15.6. The summed E-state index contributed by atoms with van der Waals surface area (Å²) < 4.78 is 5.63. The van der Waals surface area contributed by atoms with Crippen LogP contribution >= 0.6 is 22.9 Å². The Bertz CT molecular complexity index is 754. The Balaban J connectivity index is 1.85. The Morgan fingerprint density at radius 1 is 1.65 bits per heavy atom. The highest BCUT2D eigenvalue weighted by atomic mass is 35.5. The van der Waals surface area contributed by atoms with Gasteiger partial charge in [0.05, 0.1) is 17.7 Å². The molecule has 1 N–H and O–H groups in total. The van der Waals surface area contributed by atoms with Crippen molar-refractivity contribution in [2.45, 2.75) is 6.54 Å². The summed E-state index contributed by atoms with van der Waals surface area (Å²) in [5.74, 6) is 1.05. The van der Waals surface area contributed by atoms with Crippen molar-refractivity contribution in [3.63, 3.8) is 0 Å². The number of nitrogens with zero attached hydrogens (tertiary/aromatic N) is 3. The minimum absolute atomic E-state index is 0.00508. The van der Waals surface area contributed by atoms with Crippen LogP contribution < -0.4 is 5.32 Å². The molecule has 7 nitrogen and oxygen atoms in total. The third-order valence-corrected chi connectivity index (χ3v) is 4.35. The van der Waals surface area contributed by atoms with Crippen LogP contribution in [0.25, 0.3) is 6.08 Å².